The molecule has 0 heterocycles. The van der Waals surface area contributed by atoms with Crippen molar-refractivity contribution in [2.75, 3.05) is 0 Å². The highest BCUT2D eigenvalue weighted by Gasteiger charge is 2.20. The van der Waals surface area contributed by atoms with Gasteiger partial charge in [0.15, 0.2) is 11.5 Å². The number of carboxylic acids is 1. The van der Waals surface area contributed by atoms with Crippen LogP contribution in [-0.2, 0) is 16.0 Å². The molecule has 0 saturated carbocycles. The van der Waals surface area contributed by atoms with Crippen LogP contribution in [0, 0.1) is 0 Å². The fraction of sp³-hybridized carbons (Fsp3) is 0.467. The Kier molecular flexibility index (Phi) is 6.52. The van der Waals surface area contributed by atoms with Gasteiger partial charge in [-0.25, -0.2) is 4.79 Å². The van der Waals surface area contributed by atoms with Crippen molar-refractivity contribution in [3.63, 3.8) is 0 Å². The molecule has 1 aromatic rings. The fourth-order valence-corrected chi connectivity index (χ4v) is 1.93. The zero-order chi connectivity index (χ0) is 15.8. The van der Waals surface area contributed by atoms with Crippen molar-refractivity contribution in [3.8, 4) is 11.5 Å². The first kappa shape index (κ1) is 16.8. The van der Waals surface area contributed by atoms with Crippen LogP contribution in [0.1, 0.15) is 38.2 Å². The molecule has 6 heteroatoms. The molecule has 0 aliphatic carbocycles. The first-order valence-electron chi connectivity index (χ1n) is 6.97. The summed E-state index contributed by atoms with van der Waals surface area (Å²) in [6, 6.07) is 3.03. The molecule has 1 rings (SSSR count). The van der Waals surface area contributed by atoms with Crippen molar-refractivity contribution in [1.29, 1.82) is 0 Å². The van der Waals surface area contributed by atoms with Gasteiger partial charge in [0, 0.05) is 12.8 Å². The maximum atomic E-state index is 11.7. The number of unbranched alkanes of at least 4 members (excludes halogenated alkanes) is 2. The quantitative estimate of drug-likeness (QED) is 0.432. The van der Waals surface area contributed by atoms with Gasteiger partial charge in [0.2, 0.25) is 5.91 Å². The van der Waals surface area contributed by atoms with Gasteiger partial charge in [-0.05, 0) is 24.1 Å². The zero-order valence-electron chi connectivity index (χ0n) is 12.0. The molecule has 0 bridgehead atoms. The number of amides is 1. The van der Waals surface area contributed by atoms with E-state index >= 15 is 0 Å². The van der Waals surface area contributed by atoms with Crippen molar-refractivity contribution < 1.29 is 24.9 Å². The Hall–Kier alpha value is -2.24. The lowest BCUT2D eigenvalue weighted by atomic mass is 10.0. The lowest BCUT2D eigenvalue weighted by Gasteiger charge is -2.15. The third-order valence-electron chi connectivity index (χ3n) is 3.12. The van der Waals surface area contributed by atoms with Crippen LogP contribution in [0.4, 0.5) is 0 Å². The van der Waals surface area contributed by atoms with Gasteiger partial charge in [0.25, 0.3) is 0 Å². The van der Waals surface area contributed by atoms with Gasteiger partial charge in [0.05, 0.1) is 0 Å². The average Bonchev–Trinajstić information content (AvgIpc) is 2.42. The van der Waals surface area contributed by atoms with Crippen LogP contribution in [-0.4, -0.2) is 33.2 Å². The van der Waals surface area contributed by atoms with Crippen molar-refractivity contribution >= 4 is 11.9 Å². The Morgan fingerprint density at radius 2 is 1.90 bits per heavy atom. The highest BCUT2D eigenvalue weighted by atomic mass is 16.4. The summed E-state index contributed by atoms with van der Waals surface area (Å²) in [6.45, 7) is 2.02. The van der Waals surface area contributed by atoms with Crippen LogP contribution >= 0.6 is 0 Å². The molecular formula is C15H21NO5. The van der Waals surface area contributed by atoms with Crippen LogP contribution in [0.3, 0.4) is 0 Å². The number of benzene rings is 1. The van der Waals surface area contributed by atoms with E-state index in [9.17, 15) is 19.8 Å². The third kappa shape index (κ3) is 5.72. The number of nitrogens with one attached hydrogen (secondary N) is 1. The van der Waals surface area contributed by atoms with Crippen molar-refractivity contribution in [3.05, 3.63) is 23.8 Å². The molecule has 0 unspecified atom stereocenters. The lowest BCUT2D eigenvalue weighted by Crippen LogP contribution is -2.42. The van der Waals surface area contributed by atoms with E-state index in [-0.39, 0.29) is 23.8 Å². The van der Waals surface area contributed by atoms with E-state index in [0.29, 0.717) is 12.0 Å². The van der Waals surface area contributed by atoms with E-state index in [1.165, 1.54) is 18.2 Å². The number of hydrogen-bond acceptors (Lipinski definition) is 4. The predicted molar refractivity (Wildman–Crippen MR) is 77.2 cm³/mol. The van der Waals surface area contributed by atoms with Crippen molar-refractivity contribution in [2.24, 2.45) is 0 Å². The normalized spacial score (nSPS) is 11.9. The molecule has 0 aromatic heterocycles. The van der Waals surface area contributed by atoms with Crippen molar-refractivity contribution in [2.45, 2.75) is 45.1 Å². The number of carboxylic acid groups (broad SMARTS) is 1. The fourth-order valence-electron chi connectivity index (χ4n) is 1.93. The largest absolute Gasteiger partial charge is 0.504 e. The standard InChI is InChI=1S/C15H21NO5/c1-2-3-4-5-14(19)16-11(15(20)21)8-10-6-7-12(17)13(18)9-10/h6-7,9,11,17-18H,2-5,8H2,1H3,(H,16,19)(H,20,21)/t11-/m0/s1. The Bertz CT molecular complexity index is 501. The minimum absolute atomic E-state index is 0.0443. The van der Waals surface area contributed by atoms with E-state index in [1.54, 1.807) is 0 Å². The maximum Gasteiger partial charge on any atom is 0.326 e. The summed E-state index contributed by atoms with van der Waals surface area (Å²) in [5.74, 6) is -2.01. The van der Waals surface area contributed by atoms with Crippen LogP contribution in [0.25, 0.3) is 0 Å². The van der Waals surface area contributed by atoms with Gasteiger partial charge in [-0.1, -0.05) is 25.8 Å². The second kappa shape index (κ2) is 8.14. The highest BCUT2D eigenvalue weighted by molar-refractivity contribution is 5.83. The van der Waals surface area contributed by atoms with Gasteiger partial charge in [-0.2, -0.15) is 0 Å². The Labute approximate surface area is 123 Å². The lowest BCUT2D eigenvalue weighted by molar-refractivity contribution is -0.141. The molecule has 1 amide bonds. The maximum absolute atomic E-state index is 11.7. The first-order chi connectivity index (χ1) is 9.93. The molecule has 116 valence electrons. The summed E-state index contributed by atoms with van der Waals surface area (Å²) in [4.78, 5) is 22.9. The first-order valence-corrected chi connectivity index (χ1v) is 6.97. The molecule has 0 fully saturated rings. The molecule has 21 heavy (non-hydrogen) atoms. The monoisotopic (exact) mass is 295 g/mol. The summed E-state index contributed by atoms with van der Waals surface area (Å²) in [7, 11) is 0. The minimum atomic E-state index is -1.13. The number of phenols is 2. The van der Waals surface area contributed by atoms with E-state index < -0.39 is 12.0 Å². The van der Waals surface area contributed by atoms with E-state index in [1.807, 2.05) is 6.92 Å². The Balaban J connectivity index is 2.63. The predicted octanol–water partition coefficient (Wildman–Crippen LogP) is 1.79. The molecular weight excluding hydrogens is 274 g/mol. The summed E-state index contributed by atoms with van der Waals surface area (Å²) in [5, 5.41) is 30.2. The minimum Gasteiger partial charge on any atom is -0.504 e. The second-order valence-corrected chi connectivity index (χ2v) is 4.94. The average molecular weight is 295 g/mol. The molecule has 0 aliphatic heterocycles. The van der Waals surface area contributed by atoms with Gasteiger partial charge in [-0.15, -0.1) is 0 Å². The number of aromatic hydroxyl groups is 2. The van der Waals surface area contributed by atoms with Crippen LogP contribution < -0.4 is 5.32 Å². The van der Waals surface area contributed by atoms with Crippen molar-refractivity contribution in [1.82, 2.24) is 5.32 Å². The van der Waals surface area contributed by atoms with Crippen LogP contribution in [0.2, 0.25) is 0 Å². The van der Waals surface area contributed by atoms with Gasteiger partial charge in [0.1, 0.15) is 6.04 Å². The van der Waals surface area contributed by atoms with Gasteiger partial charge < -0.3 is 20.6 Å². The van der Waals surface area contributed by atoms with E-state index in [2.05, 4.69) is 5.32 Å². The topological polar surface area (TPSA) is 107 Å². The van der Waals surface area contributed by atoms with Crippen LogP contribution in [0.5, 0.6) is 11.5 Å². The molecule has 0 aliphatic rings. The number of hydrogen-bond donors (Lipinski definition) is 4. The summed E-state index contributed by atoms with van der Waals surface area (Å²) >= 11 is 0. The van der Waals surface area contributed by atoms with Gasteiger partial charge >= 0.3 is 5.97 Å². The number of aliphatic carboxylic acids is 1. The van der Waals surface area contributed by atoms with Crippen LogP contribution in [0.15, 0.2) is 18.2 Å². The number of phenolic OH excluding ortho intramolecular Hbond substituents is 2. The molecule has 1 atom stereocenters. The third-order valence-corrected chi connectivity index (χ3v) is 3.12. The summed E-state index contributed by atoms with van der Waals surface area (Å²) < 4.78 is 0. The zero-order valence-corrected chi connectivity index (χ0v) is 12.0. The molecule has 6 nitrogen and oxygen atoms in total. The summed E-state index contributed by atoms with van der Waals surface area (Å²) in [6.07, 6.45) is 3.00. The highest BCUT2D eigenvalue weighted by Crippen LogP contribution is 2.25. The van der Waals surface area contributed by atoms with E-state index in [4.69, 9.17) is 5.11 Å². The number of rotatable bonds is 8. The number of carbonyl (C=O) groups is 2. The smallest absolute Gasteiger partial charge is 0.326 e. The molecule has 0 saturated heterocycles. The molecule has 1 aromatic carbocycles. The Morgan fingerprint density at radius 1 is 1.19 bits per heavy atom. The molecule has 4 N–H and O–H groups in total. The molecule has 0 spiro atoms. The SMILES string of the molecule is CCCCCC(=O)N[C@@H](Cc1ccc(O)c(O)c1)C(=O)O. The van der Waals surface area contributed by atoms with Gasteiger partial charge in [-0.3, -0.25) is 4.79 Å². The summed E-state index contributed by atoms with van der Waals surface area (Å²) in [5.41, 5.74) is 0.520. The molecule has 0 radical (unpaired) electrons. The second-order valence-electron chi connectivity index (χ2n) is 4.94. The number of carbonyl (C=O) groups excluding carboxylic acids is 1. The Morgan fingerprint density at radius 3 is 2.48 bits per heavy atom. The van der Waals surface area contributed by atoms with E-state index in [0.717, 1.165) is 19.3 Å².